The molecule has 138 valence electrons. The van der Waals surface area contributed by atoms with E-state index >= 15 is 0 Å². The van der Waals surface area contributed by atoms with Crippen LogP contribution in [0.2, 0.25) is 5.02 Å². The fourth-order valence-corrected chi connectivity index (χ4v) is 3.70. The number of nitrogens with zero attached hydrogens (tertiary/aromatic N) is 2. The highest BCUT2D eigenvalue weighted by molar-refractivity contribution is 9.10. The zero-order valence-electron chi connectivity index (χ0n) is 13.5. The van der Waals surface area contributed by atoms with Gasteiger partial charge in [-0.05, 0) is 40.2 Å². The number of rotatable bonds is 6. The molecule has 0 aliphatic heterocycles. The molecule has 0 heterocycles. The van der Waals surface area contributed by atoms with Crippen molar-refractivity contribution in [1.29, 1.82) is 0 Å². The van der Waals surface area contributed by atoms with Crippen molar-refractivity contribution in [3.8, 4) is 0 Å². The van der Waals surface area contributed by atoms with Crippen LogP contribution in [-0.2, 0) is 14.8 Å². The molecule has 0 saturated heterocycles. The number of nitrogens with one attached hydrogen (secondary N) is 1. The van der Waals surface area contributed by atoms with Crippen molar-refractivity contribution in [2.45, 2.75) is 0 Å². The zero-order valence-corrected chi connectivity index (χ0v) is 16.6. The number of anilines is 1. The van der Waals surface area contributed by atoms with E-state index < -0.39 is 28.3 Å². The molecule has 2 aromatic carbocycles. The minimum absolute atomic E-state index is 0.0141. The van der Waals surface area contributed by atoms with Gasteiger partial charge in [-0.25, -0.2) is 18.2 Å². The summed E-state index contributed by atoms with van der Waals surface area (Å²) in [6.07, 6.45) is 2.04. The van der Waals surface area contributed by atoms with E-state index in [0.717, 1.165) is 16.8 Å². The third-order valence-electron chi connectivity index (χ3n) is 3.19. The summed E-state index contributed by atoms with van der Waals surface area (Å²) in [6, 6.07) is 10.7. The van der Waals surface area contributed by atoms with E-state index in [1.807, 2.05) is 0 Å². The van der Waals surface area contributed by atoms with Gasteiger partial charge in [0.25, 0.3) is 5.91 Å². The summed E-state index contributed by atoms with van der Waals surface area (Å²) in [5, 5.41) is 3.77. The Hall–Kier alpha value is -1.97. The van der Waals surface area contributed by atoms with Gasteiger partial charge in [-0.2, -0.15) is 5.10 Å². The molecule has 26 heavy (non-hydrogen) atoms. The van der Waals surface area contributed by atoms with Gasteiger partial charge < -0.3 is 0 Å². The minimum Gasteiger partial charge on any atom is -0.271 e. The third kappa shape index (κ3) is 5.26. The number of carbonyl (C=O) groups is 1. The van der Waals surface area contributed by atoms with Crippen LogP contribution in [0.1, 0.15) is 5.56 Å². The van der Waals surface area contributed by atoms with Gasteiger partial charge in [0, 0.05) is 10.0 Å². The highest BCUT2D eigenvalue weighted by atomic mass is 79.9. The number of halogens is 3. The molecule has 6 nitrogen and oxygen atoms in total. The first kappa shape index (κ1) is 20.3. The van der Waals surface area contributed by atoms with Crippen molar-refractivity contribution < 1.29 is 17.6 Å². The molecule has 0 saturated carbocycles. The second kappa shape index (κ2) is 8.61. The van der Waals surface area contributed by atoms with E-state index in [2.05, 4.69) is 26.5 Å². The van der Waals surface area contributed by atoms with E-state index in [9.17, 15) is 17.6 Å². The van der Waals surface area contributed by atoms with Gasteiger partial charge in [0.2, 0.25) is 10.0 Å². The lowest BCUT2D eigenvalue weighted by Gasteiger charge is -2.22. The van der Waals surface area contributed by atoms with Gasteiger partial charge in [0.05, 0.1) is 23.2 Å². The summed E-state index contributed by atoms with van der Waals surface area (Å²) >= 11 is 9.10. The molecule has 0 atom stereocenters. The van der Waals surface area contributed by atoms with Gasteiger partial charge in [-0.15, -0.1) is 0 Å². The predicted molar refractivity (Wildman–Crippen MR) is 103 cm³/mol. The average molecular weight is 463 g/mol. The molecule has 0 unspecified atom stereocenters. The Morgan fingerprint density at radius 3 is 2.62 bits per heavy atom. The van der Waals surface area contributed by atoms with Gasteiger partial charge in [-0.3, -0.25) is 9.10 Å². The lowest BCUT2D eigenvalue weighted by atomic mass is 10.2. The maximum absolute atomic E-state index is 13.6. The lowest BCUT2D eigenvalue weighted by molar-refractivity contribution is -0.119. The summed E-state index contributed by atoms with van der Waals surface area (Å²) in [5.41, 5.74) is 2.49. The van der Waals surface area contributed by atoms with Crippen molar-refractivity contribution >= 4 is 55.4 Å². The Bertz CT molecular complexity index is 933. The lowest BCUT2D eigenvalue weighted by Crippen LogP contribution is -2.39. The van der Waals surface area contributed by atoms with Crippen molar-refractivity contribution in [3.05, 3.63) is 63.3 Å². The SMILES string of the molecule is CS(=O)(=O)N(CC(=O)N/N=C\c1c(F)cccc1Cl)c1ccccc1Br. The summed E-state index contributed by atoms with van der Waals surface area (Å²) in [4.78, 5) is 12.1. The number of sulfonamides is 1. The fraction of sp³-hybridized carbons (Fsp3) is 0.125. The minimum atomic E-state index is -3.72. The number of benzene rings is 2. The van der Waals surface area contributed by atoms with Gasteiger partial charge in [-0.1, -0.05) is 29.8 Å². The Morgan fingerprint density at radius 2 is 2.00 bits per heavy atom. The second-order valence-electron chi connectivity index (χ2n) is 5.15. The summed E-state index contributed by atoms with van der Waals surface area (Å²) in [6.45, 7) is -0.496. The highest BCUT2D eigenvalue weighted by Crippen LogP contribution is 2.27. The molecular weight excluding hydrogens is 449 g/mol. The fourth-order valence-electron chi connectivity index (χ4n) is 2.00. The predicted octanol–water partition coefficient (Wildman–Crippen LogP) is 3.16. The van der Waals surface area contributed by atoms with Crippen molar-refractivity contribution in [2.75, 3.05) is 17.1 Å². The molecule has 0 aromatic heterocycles. The first-order valence-electron chi connectivity index (χ1n) is 7.18. The van der Waals surface area contributed by atoms with Gasteiger partial charge in [0.15, 0.2) is 0 Å². The number of hydrogen-bond donors (Lipinski definition) is 1. The molecule has 0 fully saturated rings. The number of hydrogen-bond acceptors (Lipinski definition) is 4. The van der Waals surface area contributed by atoms with Crippen LogP contribution in [-0.4, -0.2) is 33.3 Å². The molecule has 0 spiro atoms. The second-order valence-corrected chi connectivity index (χ2v) is 8.32. The van der Waals surface area contributed by atoms with Crippen LogP contribution < -0.4 is 9.73 Å². The number of amides is 1. The van der Waals surface area contributed by atoms with Crippen molar-refractivity contribution in [1.82, 2.24) is 5.43 Å². The van der Waals surface area contributed by atoms with Crippen molar-refractivity contribution in [2.24, 2.45) is 5.10 Å². The van der Waals surface area contributed by atoms with Crippen LogP contribution >= 0.6 is 27.5 Å². The Morgan fingerprint density at radius 1 is 1.31 bits per heavy atom. The average Bonchev–Trinajstić information content (AvgIpc) is 2.55. The summed E-state index contributed by atoms with van der Waals surface area (Å²) in [7, 11) is -3.72. The molecule has 0 aliphatic carbocycles. The quantitative estimate of drug-likeness (QED) is 0.529. The van der Waals surface area contributed by atoms with Crippen LogP contribution in [0.5, 0.6) is 0 Å². The maximum Gasteiger partial charge on any atom is 0.260 e. The van der Waals surface area contributed by atoms with Crippen LogP contribution in [0.25, 0.3) is 0 Å². The summed E-state index contributed by atoms with van der Waals surface area (Å²) in [5.74, 6) is -1.30. The Balaban J connectivity index is 2.14. The molecule has 2 aromatic rings. The first-order chi connectivity index (χ1) is 12.2. The number of carbonyl (C=O) groups excluding carboxylic acids is 1. The van der Waals surface area contributed by atoms with E-state index in [1.54, 1.807) is 24.3 Å². The van der Waals surface area contributed by atoms with E-state index in [0.29, 0.717) is 10.2 Å². The van der Waals surface area contributed by atoms with Crippen LogP contribution in [0, 0.1) is 5.82 Å². The maximum atomic E-state index is 13.6. The van der Waals surface area contributed by atoms with E-state index in [1.165, 1.54) is 18.2 Å². The topological polar surface area (TPSA) is 78.8 Å². The first-order valence-corrected chi connectivity index (χ1v) is 10.2. The molecule has 1 N–H and O–H groups in total. The summed E-state index contributed by atoms with van der Waals surface area (Å²) < 4.78 is 39.1. The molecule has 2 rings (SSSR count). The molecule has 0 aliphatic rings. The largest absolute Gasteiger partial charge is 0.271 e. The number of hydrazone groups is 1. The number of para-hydroxylation sites is 1. The van der Waals surface area contributed by atoms with Gasteiger partial charge in [0.1, 0.15) is 12.4 Å². The van der Waals surface area contributed by atoms with E-state index in [-0.39, 0.29) is 10.6 Å². The smallest absolute Gasteiger partial charge is 0.260 e. The molecular formula is C16H14BrClFN3O3S. The monoisotopic (exact) mass is 461 g/mol. The molecule has 10 heteroatoms. The van der Waals surface area contributed by atoms with Crippen LogP contribution in [0.15, 0.2) is 52.0 Å². The third-order valence-corrected chi connectivity index (χ3v) is 5.32. The molecule has 0 bridgehead atoms. The van der Waals surface area contributed by atoms with Crippen LogP contribution in [0.3, 0.4) is 0 Å². The van der Waals surface area contributed by atoms with E-state index in [4.69, 9.17) is 11.6 Å². The highest BCUT2D eigenvalue weighted by Gasteiger charge is 2.22. The normalized spacial score (nSPS) is 11.5. The zero-order chi connectivity index (χ0) is 19.3. The van der Waals surface area contributed by atoms with Crippen LogP contribution in [0.4, 0.5) is 10.1 Å². The molecule has 1 amide bonds. The molecule has 0 radical (unpaired) electrons. The van der Waals surface area contributed by atoms with Crippen molar-refractivity contribution in [3.63, 3.8) is 0 Å². The Kier molecular flexibility index (Phi) is 6.74. The Labute approximate surface area is 163 Å². The van der Waals surface area contributed by atoms with Gasteiger partial charge >= 0.3 is 0 Å². The standard InChI is InChI=1S/C16H14BrClFN3O3S/c1-26(24,25)22(15-8-3-2-5-12(15)17)10-16(23)21-20-9-11-13(18)6-4-7-14(11)19/h2-9H,10H2,1H3,(H,21,23)/b20-9-.